The zero-order valence-electron chi connectivity index (χ0n) is 18.7. The van der Waals surface area contributed by atoms with Gasteiger partial charge in [0.05, 0.1) is 11.9 Å². The van der Waals surface area contributed by atoms with E-state index in [0.717, 1.165) is 4.57 Å². The van der Waals surface area contributed by atoms with Crippen molar-refractivity contribution in [2.45, 2.75) is 13.8 Å². The lowest BCUT2D eigenvalue weighted by Crippen LogP contribution is -2.37. The Morgan fingerprint density at radius 2 is 1.44 bits per heavy atom. The molecule has 0 atom stereocenters. The van der Waals surface area contributed by atoms with E-state index in [9.17, 15) is 14.4 Å². The molecule has 2 heterocycles. The van der Waals surface area contributed by atoms with E-state index in [1.54, 1.807) is 36.9 Å². The Hall–Kier alpha value is -4.14. The Morgan fingerprint density at radius 3 is 1.91 bits per heavy atom. The summed E-state index contributed by atoms with van der Waals surface area (Å²) < 4.78 is 4.04. The lowest BCUT2D eigenvalue weighted by molar-refractivity contribution is 0.0698. The number of aromatic nitrogens is 4. The molecule has 0 saturated heterocycles. The molecule has 2 aromatic carbocycles. The van der Waals surface area contributed by atoms with Gasteiger partial charge in [0.25, 0.3) is 5.56 Å². The quantitative estimate of drug-likeness (QED) is 0.440. The third-order valence-electron chi connectivity index (χ3n) is 4.93. The van der Waals surface area contributed by atoms with Crippen LogP contribution in [0.2, 0.25) is 0 Å². The second-order valence-corrected chi connectivity index (χ2v) is 7.21. The van der Waals surface area contributed by atoms with Gasteiger partial charge in [0.1, 0.15) is 0 Å². The number of hydrogen-bond donors (Lipinski definition) is 2. The molecular weight excluding hydrogens is 410 g/mol. The summed E-state index contributed by atoms with van der Waals surface area (Å²) >= 11 is 0. The molecule has 0 bridgehead atoms. The van der Waals surface area contributed by atoms with E-state index in [-0.39, 0.29) is 16.8 Å². The Morgan fingerprint density at radius 1 is 0.906 bits per heavy atom. The van der Waals surface area contributed by atoms with Crippen molar-refractivity contribution in [3.8, 4) is 0 Å². The number of nitrogen functional groups attached to an aromatic ring is 1. The van der Waals surface area contributed by atoms with Gasteiger partial charge in [-0.3, -0.25) is 13.9 Å². The zero-order chi connectivity index (χ0) is 24.0. The Labute approximate surface area is 185 Å². The van der Waals surface area contributed by atoms with Crippen LogP contribution >= 0.6 is 0 Å². The Balaban J connectivity index is 0.000000178. The van der Waals surface area contributed by atoms with Gasteiger partial charge in [-0.2, -0.15) is 0 Å². The van der Waals surface area contributed by atoms with Crippen LogP contribution in [0.25, 0.3) is 11.2 Å². The fourth-order valence-electron chi connectivity index (χ4n) is 2.83. The average Bonchev–Trinajstić information content (AvgIpc) is 3.15. The maximum Gasteiger partial charge on any atom is 0.337 e. The van der Waals surface area contributed by atoms with Crippen molar-refractivity contribution in [3.05, 3.63) is 92.4 Å². The van der Waals surface area contributed by atoms with Crippen molar-refractivity contribution in [1.82, 2.24) is 18.7 Å². The second kappa shape index (κ2) is 10.3. The SMILES string of the molecule is Cc1ccccc1C.Cn1c(=O)c2c(ncn2C)n(C)c1=O.Nc1ccccc1C(=O)O. The predicted octanol–water partition coefficient (Wildman–Crippen LogP) is 2.24. The molecule has 9 nitrogen and oxygen atoms in total. The summed E-state index contributed by atoms with van der Waals surface area (Å²) in [6, 6.07) is 14.7. The number of carboxylic acids is 1. The lowest BCUT2D eigenvalue weighted by atomic mass is 10.1. The van der Waals surface area contributed by atoms with Crippen molar-refractivity contribution in [2.24, 2.45) is 21.1 Å². The summed E-state index contributed by atoms with van der Waals surface area (Å²) in [6.07, 6.45) is 1.52. The zero-order valence-corrected chi connectivity index (χ0v) is 18.7. The van der Waals surface area contributed by atoms with Gasteiger partial charge in [-0.15, -0.1) is 0 Å². The van der Waals surface area contributed by atoms with Crippen LogP contribution in [-0.2, 0) is 21.1 Å². The molecule has 9 heteroatoms. The summed E-state index contributed by atoms with van der Waals surface area (Å²) in [5.41, 5.74) is 8.71. The van der Waals surface area contributed by atoms with E-state index in [1.165, 1.54) is 35.1 Å². The topological polar surface area (TPSA) is 125 Å². The normalized spacial score (nSPS) is 10.0. The number of imidazole rings is 1. The van der Waals surface area contributed by atoms with Gasteiger partial charge in [-0.1, -0.05) is 36.4 Å². The fraction of sp³-hybridized carbons (Fsp3) is 0.217. The number of para-hydroxylation sites is 1. The first-order valence-corrected chi connectivity index (χ1v) is 9.73. The summed E-state index contributed by atoms with van der Waals surface area (Å²) in [7, 11) is 4.77. The molecule has 32 heavy (non-hydrogen) atoms. The number of aromatic carboxylic acids is 1. The summed E-state index contributed by atoms with van der Waals surface area (Å²) in [6.45, 7) is 4.24. The molecular formula is C23H27N5O4. The van der Waals surface area contributed by atoms with Gasteiger partial charge in [0.15, 0.2) is 11.2 Å². The number of benzene rings is 2. The van der Waals surface area contributed by atoms with Crippen LogP contribution in [0.1, 0.15) is 21.5 Å². The molecule has 0 saturated carbocycles. The van der Waals surface area contributed by atoms with Crippen LogP contribution in [0.5, 0.6) is 0 Å². The molecule has 2 aromatic heterocycles. The summed E-state index contributed by atoms with van der Waals surface area (Å²) in [5.74, 6) is -0.988. The van der Waals surface area contributed by atoms with Crippen molar-refractivity contribution in [1.29, 1.82) is 0 Å². The number of rotatable bonds is 1. The molecule has 0 unspecified atom stereocenters. The molecule has 4 aromatic rings. The number of nitrogens with zero attached hydrogens (tertiary/aromatic N) is 4. The molecule has 3 N–H and O–H groups in total. The first-order valence-electron chi connectivity index (χ1n) is 9.73. The van der Waals surface area contributed by atoms with Crippen LogP contribution in [0.3, 0.4) is 0 Å². The van der Waals surface area contributed by atoms with Gasteiger partial charge in [-0.05, 0) is 37.1 Å². The summed E-state index contributed by atoms with van der Waals surface area (Å²) in [5, 5.41) is 8.49. The third kappa shape index (κ3) is 5.31. The predicted molar refractivity (Wildman–Crippen MR) is 125 cm³/mol. The highest BCUT2D eigenvalue weighted by molar-refractivity contribution is 5.93. The van der Waals surface area contributed by atoms with Gasteiger partial charge >= 0.3 is 11.7 Å². The van der Waals surface area contributed by atoms with Crippen LogP contribution in [0.4, 0.5) is 5.69 Å². The van der Waals surface area contributed by atoms with E-state index in [1.807, 2.05) is 0 Å². The standard InChI is InChI=1S/C8H10N4O2.C8H10.C7H7NO2/c1-10-4-9-6-5(10)7(13)12(3)8(14)11(6)2;1-7-5-3-4-6-8(7)2;8-6-4-2-1-3-5(6)7(9)10/h4H,1-3H3;3-6H,1-2H3;1-4H,8H2,(H,9,10). The van der Waals surface area contributed by atoms with Crippen LogP contribution in [0.15, 0.2) is 64.4 Å². The number of hydrogen-bond acceptors (Lipinski definition) is 5. The Bertz CT molecular complexity index is 1340. The first-order chi connectivity index (χ1) is 15.1. The van der Waals surface area contributed by atoms with Gasteiger partial charge in [0, 0.05) is 26.8 Å². The molecule has 4 rings (SSSR count). The maximum atomic E-state index is 11.7. The highest BCUT2D eigenvalue weighted by Gasteiger charge is 2.11. The number of nitrogens with two attached hydrogens (primary N) is 1. The second-order valence-electron chi connectivity index (χ2n) is 7.21. The van der Waals surface area contributed by atoms with Crippen LogP contribution in [-0.4, -0.2) is 29.8 Å². The Kier molecular flexibility index (Phi) is 7.73. The molecule has 0 radical (unpaired) electrons. The minimum Gasteiger partial charge on any atom is -0.478 e. The molecule has 0 aliphatic carbocycles. The highest BCUT2D eigenvalue weighted by atomic mass is 16.4. The molecule has 0 fully saturated rings. The largest absolute Gasteiger partial charge is 0.478 e. The van der Waals surface area contributed by atoms with Gasteiger partial charge in [-0.25, -0.2) is 14.6 Å². The molecule has 168 valence electrons. The molecule has 0 aliphatic rings. The van der Waals surface area contributed by atoms with E-state index in [4.69, 9.17) is 10.8 Å². The monoisotopic (exact) mass is 437 g/mol. The molecule has 0 amide bonds. The van der Waals surface area contributed by atoms with Crippen molar-refractivity contribution in [3.63, 3.8) is 0 Å². The average molecular weight is 438 g/mol. The van der Waals surface area contributed by atoms with Crippen molar-refractivity contribution in [2.75, 3.05) is 5.73 Å². The molecule has 0 spiro atoms. The first kappa shape index (κ1) is 24.1. The molecule has 0 aliphatic heterocycles. The third-order valence-corrected chi connectivity index (χ3v) is 4.93. The number of fused-ring (bicyclic) bond motifs is 1. The van der Waals surface area contributed by atoms with E-state index >= 15 is 0 Å². The smallest absolute Gasteiger partial charge is 0.337 e. The van der Waals surface area contributed by atoms with Gasteiger partial charge < -0.3 is 15.4 Å². The maximum absolute atomic E-state index is 11.7. The van der Waals surface area contributed by atoms with Gasteiger partial charge in [0.2, 0.25) is 0 Å². The minimum absolute atomic E-state index is 0.155. The van der Waals surface area contributed by atoms with Crippen LogP contribution < -0.4 is 17.0 Å². The number of anilines is 1. The van der Waals surface area contributed by atoms with E-state index in [2.05, 4.69) is 43.1 Å². The fourth-order valence-corrected chi connectivity index (χ4v) is 2.83. The minimum atomic E-state index is -0.988. The summed E-state index contributed by atoms with van der Waals surface area (Å²) in [4.78, 5) is 37.5. The van der Waals surface area contributed by atoms with E-state index < -0.39 is 5.97 Å². The van der Waals surface area contributed by atoms with E-state index in [0.29, 0.717) is 16.9 Å². The number of carbonyl (C=O) groups is 1. The number of carboxylic acid groups (broad SMARTS) is 1. The number of aryl methyl sites for hydroxylation is 4. The van der Waals surface area contributed by atoms with Crippen molar-refractivity contribution >= 4 is 22.8 Å². The lowest BCUT2D eigenvalue weighted by Gasteiger charge is -2.02. The van der Waals surface area contributed by atoms with Crippen molar-refractivity contribution < 1.29 is 9.90 Å². The highest BCUT2D eigenvalue weighted by Crippen LogP contribution is 2.09. The van der Waals surface area contributed by atoms with Crippen LogP contribution in [0, 0.1) is 13.8 Å².